The van der Waals surface area contributed by atoms with Gasteiger partial charge in [-0.05, 0) is 12.1 Å². The minimum Gasteiger partial charge on any atom is -0.466 e. The molecule has 0 aromatic rings. The minimum absolute atomic E-state index is 0.610. The Bertz CT molecular complexity index is 48.5. The highest BCUT2D eigenvalue weighted by Crippen LogP contribution is 1.95. The van der Waals surface area contributed by atoms with Gasteiger partial charge in [0.05, 0.1) is 0 Å². The van der Waals surface area contributed by atoms with E-state index in [-0.39, 0.29) is 0 Å². The summed E-state index contributed by atoms with van der Waals surface area (Å²) in [5.74, 6) is 0. The van der Waals surface area contributed by atoms with Gasteiger partial charge in [-0.1, -0.05) is 40.5 Å². The molecular weight excluding hydrogens is 168 g/mol. The number of hydrogen-bond acceptors (Lipinski definition) is 1. The summed E-state index contributed by atoms with van der Waals surface area (Å²) >= 11 is 0. The maximum Gasteiger partial charge on any atom is 0.161 e. The zero-order chi connectivity index (χ0) is 9.11. The Morgan fingerprint density at radius 2 is 1.36 bits per heavy atom. The van der Waals surface area contributed by atoms with Gasteiger partial charge in [0.25, 0.3) is 0 Å². The summed E-state index contributed by atoms with van der Waals surface area (Å²) in [6.45, 7) is 8.80. The fraction of sp³-hybridized carbons (Fsp3) is 1.00. The lowest BCUT2D eigenvalue weighted by Crippen LogP contribution is -2.12. The second-order valence-corrected chi connectivity index (χ2v) is 7.44. The lowest BCUT2D eigenvalue weighted by Gasteiger charge is -2.05. The Hall–Kier alpha value is 0.394. The molecule has 0 aliphatic carbocycles. The van der Waals surface area contributed by atoms with Crippen LogP contribution in [0.25, 0.3) is 0 Å². The lowest BCUT2D eigenvalue weighted by molar-refractivity contribution is 0.629. The summed E-state index contributed by atoms with van der Waals surface area (Å²) in [6, 6.07) is 2.61. The van der Waals surface area contributed by atoms with E-state index in [1.54, 1.807) is 0 Å². The summed E-state index contributed by atoms with van der Waals surface area (Å²) in [5, 5.41) is 0. The van der Waals surface area contributed by atoms with Crippen molar-refractivity contribution in [3.63, 3.8) is 0 Å². The van der Waals surface area contributed by atoms with Crippen molar-refractivity contribution in [2.75, 3.05) is 0 Å². The molecule has 70 valence electrons. The third-order valence-electron chi connectivity index (χ3n) is 1.74. The summed E-state index contributed by atoms with van der Waals surface area (Å²) in [7, 11) is 0.344. The smallest absolute Gasteiger partial charge is 0.161 e. The monoisotopic (exact) mass is 192 g/mol. The van der Waals surface area contributed by atoms with Gasteiger partial charge in [-0.3, -0.25) is 0 Å². The molecule has 11 heavy (non-hydrogen) atoms. The first-order chi connectivity index (χ1) is 5.26. The zero-order valence-corrected chi connectivity index (χ0v) is 12.0. The first-order valence-corrected chi connectivity index (χ1v) is 7.71. The quantitative estimate of drug-likeness (QED) is 0.618. The van der Waals surface area contributed by atoms with E-state index in [0.29, 0.717) is 0 Å². The summed E-state index contributed by atoms with van der Waals surface area (Å²) < 4.78 is 5.33. The largest absolute Gasteiger partial charge is 0.466 e. The van der Waals surface area contributed by atoms with Crippen LogP contribution in [0.2, 0.25) is 12.1 Å². The fourth-order valence-electron chi connectivity index (χ4n) is 0.622. The van der Waals surface area contributed by atoms with E-state index in [1.807, 2.05) is 0 Å². The van der Waals surface area contributed by atoms with Crippen LogP contribution in [0.3, 0.4) is 0 Å². The molecule has 0 N–H and O–H groups in total. The summed E-state index contributed by atoms with van der Waals surface area (Å²) in [5.41, 5.74) is 0. The van der Waals surface area contributed by atoms with E-state index in [4.69, 9.17) is 4.12 Å². The van der Waals surface area contributed by atoms with Gasteiger partial charge in [0.2, 0.25) is 0 Å². The van der Waals surface area contributed by atoms with Crippen molar-refractivity contribution >= 4 is 19.5 Å². The van der Waals surface area contributed by atoms with Crippen molar-refractivity contribution in [2.45, 2.75) is 52.6 Å². The molecular formula is C8H24OSi2. The van der Waals surface area contributed by atoms with Crippen LogP contribution in [-0.4, -0.2) is 19.5 Å². The molecule has 0 fully saturated rings. The first-order valence-electron chi connectivity index (χ1n) is 4.79. The molecule has 0 unspecified atom stereocenters. The topological polar surface area (TPSA) is 9.23 Å². The molecule has 0 atom stereocenters. The van der Waals surface area contributed by atoms with Crippen LogP contribution in [0, 0.1) is 0 Å². The van der Waals surface area contributed by atoms with Crippen molar-refractivity contribution in [3.8, 4) is 0 Å². The Kier molecular flexibility index (Phi) is 16.5. The molecule has 0 heterocycles. The highest BCUT2D eigenvalue weighted by atomic mass is 28.3. The van der Waals surface area contributed by atoms with Crippen LogP contribution in [-0.2, 0) is 4.12 Å². The van der Waals surface area contributed by atoms with Crippen LogP contribution in [0.5, 0.6) is 0 Å². The van der Waals surface area contributed by atoms with Crippen molar-refractivity contribution in [1.82, 2.24) is 0 Å². The van der Waals surface area contributed by atoms with Crippen molar-refractivity contribution in [3.05, 3.63) is 0 Å². The summed E-state index contributed by atoms with van der Waals surface area (Å²) in [4.78, 5) is 0. The first kappa shape index (κ1) is 13.9. The molecule has 0 aromatic carbocycles. The van der Waals surface area contributed by atoms with E-state index < -0.39 is 9.04 Å². The van der Waals surface area contributed by atoms with Crippen molar-refractivity contribution < 1.29 is 4.12 Å². The van der Waals surface area contributed by atoms with Gasteiger partial charge in [-0.25, -0.2) is 0 Å². The van der Waals surface area contributed by atoms with E-state index in [0.717, 1.165) is 10.5 Å². The molecule has 3 heteroatoms. The third kappa shape index (κ3) is 13.4. The van der Waals surface area contributed by atoms with Crippen LogP contribution in [0.15, 0.2) is 0 Å². The molecule has 0 saturated carbocycles. The normalized spacial score (nSPS) is 9.55. The number of unbranched alkanes of at least 4 members (excludes halogenated alkanes) is 1. The van der Waals surface area contributed by atoms with Gasteiger partial charge >= 0.3 is 0 Å². The third-order valence-corrected chi connectivity index (χ3v) is 6.23. The highest BCUT2D eigenvalue weighted by Gasteiger charge is 1.99. The van der Waals surface area contributed by atoms with E-state index in [9.17, 15) is 0 Å². The molecule has 0 aliphatic heterocycles. The molecule has 0 amide bonds. The van der Waals surface area contributed by atoms with Gasteiger partial charge in [-0.15, -0.1) is 0 Å². The number of rotatable bonds is 4. The molecule has 0 bridgehead atoms. The van der Waals surface area contributed by atoms with Crippen LogP contribution >= 0.6 is 0 Å². The average Bonchev–Trinajstić information content (AvgIpc) is 2.08. The highest BCUT2D eigenvalue weighted by molar-refractivity contribution is 6.55. The Morgan fingerprint density at radius 1 is 1.00 bits per heavy atom. The minimum atomic E-state index is -0.610. The van der Waals surface area contributed by atoms with Gasteiger partial charge in [-0.2, -0.15) is 0 Å². The average molecular weight is 192 g/mol. The van der Waals surface area contributed by atoms with Crippen molar-refractivity contribution in [2.24, 2.45) is 0 Å². The molecule has 0 saturated heterocycles. The molecule has 0 aliphatic rings. The predicted octanol–water partition coefficient (Wildman–Crippen LogP) is 1.85. The Labute approximate surface area is 76.8 Å². The summed E-state index contributed by atoms with van der Waals surface area (Å²) in [6.07, 6.45) is 2.64. The van der Waals surface area contributed by atoms with Crippen molar-refractivity contribution in [1.29, 1.82) is 0 Å². The van der Waals surface area contributed by atoms with Gasteiger partial charge in [0.15, 0.2) is 9.04 Å². The van der Waals surface area contributed by atoms with Crippen LogP contribution in [0.1, 0.15) is 40.5 Å². The Balaban J connectivity index is 0. The Morgan fingerprint density at radius 3 is 1.36 bits per heavy atom. The van der Waals surface area contributed by atoms with E-state index in [2.05, 4.69) is 27.7 Å². The second-order valence-electron chi connectivity index (χ2n) is 2.67. The number of hydrogen-bond donors (Lipinski definition) is 0. The molecule has 0 radical (unpaired) electrons. The molecule has 0 spiro atoms. The standard InChI is InChI=1S/C4H14OSi2.C4H10/c1-3-7(4-2)5-6;1-3-4-2/h7H,3-4H2,1-2,6H3;3-4H2,1-2H3. The second kappa shape index (κ2) is 13.0. The van der Waals surface area contributed by atoms with E-state index in [1.165, 1.54) is 24.9 Å². The van der Waals surface area contributed by atoms with Crippen LogP contribution < -0.4 is 0 Å². The predicted molar refractivity (Wildman–Crippen MR) is 59.7 cm³/mol. The zero-order valence-electron chi connectivity index (χ0n) is 8.81. The maximum absolute atomic E-state index is 5.33. The lowest BCUT2D eigenvalue weighted by atomic mass is 10.4. The van der Waals surface area contributed by atoms with Gasteiger partial charge in [0, 0.05) is 0 Å². The molecule has 0 rings (SSSR count). The maximum atomic E-state index is 5.33. The van der Waals surface area contributed by atoms with Gasteiger partial charge in [0.1, 0.15) is 10.5 Å². The molecule has 0 aromatic heterocycles. The SMILES string of the molecule is CCCC.CC[SiH](CC)O[SiH3]. The van der Waals surface area contributed by atoms with Crippen LogP contribution in [0.4, 0.5) is 0 Å². The van der Waals surface area contributed by atoms with Gasteiger partial charge < -0.3 is 4.12 Å². The van der Waals surface area contributed by atoms with E-state index >= 15 is 0 Å². The fourth-order valence-corrected chi connectivity index (χ4v) is 3.87. The molecule has 1 nitrogen and oxygen atoms in total.